The van der Waals surface area contributed by atoms with Gasteiger partial charge < -0.3 is 9.64 Å². The molecule has 1 aliphatic rings. The molecule has 1 aromatic carbocycles. The quantitative estimate of drug-likeness (QED) is 0.635. The zero-order chi connectivity index (χ0) is 22.2. The van der Waals surface area contributed by atoms with Crippen LogP contribution in [0.5, 0.6) is 5.75 Å². The number of rotatable bonds is 4. The highest BCUT2D eigenvalue weighted by Gasteiger charge is 2.39. The number of carbonyl (C=O) groups is 1. The summed E-state index contributed by atoms with van der Waals surface area (Å²) < 4.78 is 45.5. The summed E-state index contributed by atoms with van der Waals surface area (Å²) in [4.78, 5) is 18.5. The van der Waals surface area contributed by atoms with Gasteiger partial charge in [0.05, 0.1) is 35.1 Å². The number of carbonyl (C=O) groups excluding carboxylic acids is 1. The molecule has 3 heterocycles. The van der Waals surface area contributed by atoms with Crippen LogP contribution < -0.4 is 4.74 Å². The van der Waals surface area contributed by atoms with Crippen LogP contribution in [0.3, 0.4) is 0 Å². The first-order chi connectivity index (χ1) is 14.8. The first-order valence-electron chi connectivity index (χ1n) is 9.31. The minimum atomic E-state index is -4.59. The molecule has 7 nitrogen and oxygen atoms in total. The van der Waals surface area contributed by atoms with Crippen LogP contribution in [-0.4, -0.2) is 37.9 Å². The van der Waals surface area contributed by atoms with E-state index in [9.17, 15) is 18.0 Å². The lowest BCUT2D eigenvalue weighted by atomic mass is 10.1. The molecule has 4 rings (SSSR count). The zero-order valence-electron chi connectivity index (χ0n) is 16.3. The highest BCUT2D eigenvalue weighted by Crippen LogP contribution is 2.31. The number of fused-ring (bicyclic) bond motifs is 1. The molecule has 0 N–H and O–H groups in total. The lowest BCUT2D eigenvalue weighted by molar-refractivity contribution is -0.189. The Balaban J connectivity index is 1.57. The number of nitriles is 1. The number of alkyl halides is 3. The topological polar surface area (TPSA) is 84.0 Å². The fourth-order valence-corrected chi connectivity index (χ4v) is 3.22. The zero-order valence-corrected chi connectivity index (χ0v) is 16.3. The summed E-state index contributed by atoms with van der Waals surface area (Å²) in [6.45, 7) is 1.29. The van der Waals surface area contributed by atoms with Crippen molar-refractivity contribution in [1.82, 2.24) is 19.7 Å². The average molecular weight is 427 g/mol. The Morgan fingerprint density at radius 2 is 1.97 bits per heavy atom. The third kappa shape index (κ3) is 4.07. The third-order valence-corrected chi connectivity index (χ3v) is 4.90. The van der Waals surface area contributed by atoms with Gasteiger partial charge in [-0.15, -0.1) is 0 Å². The van der Waals surface area contributed by atoms with Gasteiger partial charge in [0, 0.05) is 30.7 Å². The fraction of sp³-hybridized carbons (Fsp3) is 0.238. The summed E-state index contributed by atoms with van der Waals surface area (Å²) in [5.41, 5.74) is 2.39. The lowest BCUT2D eigenvalue weighted by Crippen LogP contribution is -2.32. The molecule has 0 fully saturated rings. The molecular formula is C21H16F3N5O2. The second-order valence-corrected chi connectivity index (χ2v) is 7.04. The van der Waals surface area contributed by atoms with E-state index in [2.05, 4.69) is 10.1 Å². The molecule has 10 heteroatoms. The Kier molecular flexibility index (Phi) is 5.10. The minimum Gasteiger partial charge on any atom is -0.480 e. The molecule has 0 saturated carbocycles. The van der Waals surface area contributed by atoms with Crippen molar-refractivity contribution in [3.05, 3.63) is 71.3 Å². The number of ether oxygens (including phenoxy) is 1. The number of hydrogen-bond donors (Lipinski definition) is 0. The van der Waals surface area contributed by atoms with Crippen LogP contribution in [-0.2, 0) is 13.1 Å². The van der Waals surface area contributed by atoms with Crippen LogP contribution in [0.15, 0.2) is 48.9 Å². The van der Waals surface area contributed by atoms with Crippen LogP contribution >= 0.6 is 0 Å². The summed E-state index contributed by atoms with van der Waals surface area (Å²) in [5.74, 6) is -0.754. The van der Waals surface area contributed by atoms with E-state index < -0.39 is 18.2 Å². The molecule has 1 unspecified atom stereocenters. The molecule has 158 valence electrons. The minimum absolute atomic E-state index is 0.0951. The Morgan fingerprint density at radius 1 is 1.23 bits per heavy atom. The van der Waals surface area contributed by atoms with Crippen LogP contribution in [0.25, 0.3) is 5.69 Å². The standard InChI is InChI=1S/C21H16F3N5O2/c1-13(21(22,23)24)31-19-3-2-14(9-25)8-17(19)20(30)28-10-15-11-29(27-18(15)12-28)16-4-6-26-7-5-16/h2-8,11,13H,10,12H2,1H3. The molecule has 31 heavy (non-hydrogen) atoms. The number of nitrogens with zero attached hydrogens (tertiary/aromatic N) is 5. The van der Waals surface area contributed by atoms with E-state index in [1.165, 1.54) is 23.1 Å². The van der Waals surface area contributed by atoms with Crippen LogP contribution in [0.2, 0.25) is 0 Å². The van der Waals surface area contributed by atoms with Crippen molar-refractivity contribution in [3.63, 3.8) is 0 Å². The van der Waals surface area contributed by atoms with Crippen LogP contribution in [0.4, 0.5) is 13.2 Å². The van der Waals surface area contributed by atoms with E-state index in [1.807, 2.05) is 6.07 Å². The molecule has 3 aromatic rings. The maximum Gasteiger partial charge on any atom is 0.425 e. The van der Waals surface area contributed by atoms with Gasteiger partial charge in [0.25, 0.3) is 5.91 Å². The van der Waals surface area contributed by atoms with Crippen molar-refractivity contribution in [2.24, 2.45) is 0 Å². The fourth-order valence-electron chi connectivity index (χ4n) is 3.22. The Labute approximate surface area is 175 Å². The SMILES string of the molecule is CC(Oc1ccc(C#N)cc1C(=O)N1Cc2cn(-c3ccncc3)nc2C1)C(F)(F)F. The molecular weight excluding hydrogens is 411 g/mol. The van der Waals surface area contributed by atoms with E-state index in [0.29, 0.717) is 5.69 Å². The number of aromatic nitrogens is 3. The predicted octanol–water partition coefficient (Wildman–Crippen LogP) is 3.62. The molecule has 0 spiro atoms. The second kappa shape index (κ2) is 7.75. The van der Waals surface area contributed by atoms with E-state index >= 15 is 0 Å². The molecule has 0 aliphatic carbocycles. The van der Waals surface area contributed by atoms with Crippen LogP contribution in [0.1, 0.15) is 34.1 Å². The number of benzene rings is 1. The second-order valence-electron chi connectivity index (χ2n) is 7.04. The van der Waals surface area contributed by atoms with Gasteiger partial charge in [-0.05, 0) is 37.3 Å². The van der Waals surface area contributed by atoms with Crippen molar-refractivity contribution >= 4 is 5.91 Å². The van der Waals surface area contributed by atoms with Gasteiger partial charge in [0.1, 0.15) is 5.75 Å². The van der Waals surface area contributed by atoms with Crippen LogP contribution in [0, 0.1) is 11.3 Å². The first kappa shape index (κ1) is 20.4. The normalized spacial score (nSPS) is 14.1. The molecule has 2 aromatic heterocycles. The Bertz CT molecular complexity index is 1140. The van der Waals surface area contributed by atoms with Crippen molar-refractivity contribution in [3.8, 4) is 17.5 Å². The van der Waals surface area contributed by atoms with Crippen molar-refractivity contribution in [2.45, 2.75) is 32.3 Å². The van der Waals surface area contributed by atoms with Gasteiger partial charge in [-0.2, -0.15) is 23.5 Å². The summed E-state index contributed by atoms with van der Waals surface area (Å²) in [6, 6.07) is 9.26. The Hall–Kier alpha value is -3.87. The summed E-state index contributed by atoms with van der Waals surface area (Å²) in [5, 5.41) is 13.6. The summed E-state index contributed by atoms with van der Waals surface area (Å²) >= 11 is 0. The van der Waals surface area contributed by atoms with E-state index in [-0.39, 0.29) is 30.0 Å². The maximum absolute atomic E-state index is 13.1. The Morgan fingerprint density at radius 3 is 2.61 bits per heavy atom. The number of pyridine rings is 1. The summed E-state index contributed by atoms with van der Waals surface area (Å²) in [6.07, 6.45) is -1.61. The maximum atomic E-state index is 13.1. The highest BCUT2D eigenvalue weighted by molar-refractivity contribution is 5.97. The van der Waals surface area contributed by atoms with Crippen molar-refractivity contribution in [1.29, 1.82) is 5.26 Å². The largest absolute Gasteiger partial charge is 0.480 e. The van der Waals surface area contributed by atoms with E-state index in [0.717, 1.165) is 18.2 Å². The van der Waals surface area contributed by atoms with Gasteiger partial charge >= 0.3 is 6.18 Å². The third-order valence-electron chi connectivity index (χ3n) is 4.90. The molecule has 0 saturated heterocycles. The van der Waals surface area contributed by atoms with Crippen molar-refractivity contribution < 1.29 is 22.7 Å². The molecule has 1 aliphatic heterocycles. The van der Waals surface area contributed by atoms with Gasteiger partial charge in [0.15, 0.2) is 6.10 Å². The summed E-state index contributed by atoms with van der Waals surface area (Å²) in [7, 11) is 0. The predicted molar refractivity (Wildman–Crippen MR) is 102 cm³/mol. The number of halogens is 3. The smallest absolute Gasteiger partial charge is 0.425 e. The number of amides is 1. The van der Waals surface area contributed by atoms with Gasteiger partial charge in [-0.1, -0.05) is 0 Å². The monoisotopic (exact) mass is 427 g/mol. The molecule has 0 radical (unpaired) electrons. The lowest BCUT2D eigenvalue weighted by Gasteiger charge is -2.22. The molecule has 1 atom stereocenters. The van der Waals surface area contributed by atoms with E-state index in [1.54, 1.807) is 35.4 Å². The molecule has 1 amide bonds. The molecule has 0 bridgehead atoms. The number of hydrogen-bond acceptors (Lipinski definition) is 5. The highest BCUT2D eigenvalue weighted by atomic mass is 19.4. The van der Waals surface area contributed by atoms with Gasteiger partial charge in [-0.3, -0.25) is 9.78 Å². The van der Waals surface area contributed by atoms with Crippen molar-refractivity contribution in [2.75, 3.05) is 0 Å². The van der Waals surface area contributed by atoms with E-state index in [4.69, 9.17) is 10.00 Å². The average Bonchev–Trinajstić information content (AvgIpc) is 3.33. The van der Waals surface area contributed by atoms with Gasteiger partial charge in [-0.25, -0.2) is 4.68 Å². The van der Waals surface area contributed by atoms with Gasteiger partial charge in [0.2, 0.25) is 0 Å². The first-order valence-corrected chi connectivity index (χ1v) is 9.31.